The van der Waals surface area contributed by atoms with Crippen LogP contribution in [0.3, 0.4) is 0 Å². The number of nitrogens with one attached hydrogen (secondary N) is 1. The molecular weight excluding hydrogens is 272 g/mol. The van der Waals surface area contributed by atoms with E-state index in [1.807, 2.05) is 17.9 Å². The number of hydrogen-bond donors (Lipinski definition) is 1. The lowest BCUT2D eigenvalue weighted by Crippen LogP contribution is -2.43. The van der Waals surface area contributed by atoms with Crippen molar-refractivity contribution in [3.8, 4) is 0 Å². The summed E-state index contributed by atoms with van der Waals surface area (Å²) in [4.78, 5) is 2.62. The Morgan fingerprint density at radius 2 is 2.00 bits per heavy atom. The van der Waals surface area contributed by atoms with Gasteiger partial charge < -0.3 is 10.2 Å². The van der Waals surface area contributed by atoms with Crippen LogP contribution in [0.2, 0.25) is 0 Å². The summed E-state index contributed by atoms with van der Waals surface area (Å²) in [5.41, 5.74) is 2.06. The summed E-state index contributed by atoms with van der Waals surface area (Å²) in [7, 11) is 4.32. The van der Waals surface area contributed by atoms with Gasteiger partial charge in [0.15, 0.2) is 0 Å². The van der Waals surface area contributed by atoms with E-state index in [0.717, 1.165) is 12.5 Å². The van der Waals surface area contributed by atoms with Crippen molar-refractivity contribution in [2.75, 3.05) is 26.7 Å². The normalized spacial score (nSPS) is 22.5. The number of nitrogens with zero attached hydrogens (tertiary/aromatic N) is 3. The lowest BCUT2D eigenvalue weighted by Gasteiger charge is -2.45. The highest BCUT2D eigenvalue weighted by Gasteiger charge is 2.36. The highest BCUT2D eigenvalue weighted by molar-refractivity contribution is 5.03. The average molecular weight is 304 g/mol. The van der Waals surface area contributed by atoms with Gasteiger partial charge in [0.25, 0.3) is 0 Å². The smallest absolute Gasteiger partial charge is 0.0521 e. The van der Waals surface area contributed by atoms with Crippen molar-refractivity contribution in [2.24, 2.45) is 12.5 Å². The third-order valence-corrected chi connectivity index (χ3v) is 6.04. The molecule has 1 saturated carbocycles. The Bertz CT molecular complexity index is 451. The van der Waals surface area contributed by atoms with Gasteiger partial charge in [-0.2, -0.15) is 5.10 Å². The molecule has 2 aliphatic rings. The van der Waals surface area contributed by atoms with Crippen molar-refractivity contribution < 1.29 is 0 Å². The fourth-order valence-electron chi connectivity index (χ4n) is 4.43. The molecule has 1 N–H and O–H groups in total. The summed E-state index contributed by atoms with van der Waals surface area (Å²) in [5, 5.41) is 7.77. The molecule has 124 valence electrons. The van der Waals surface area contributed by atoms with E-state index >= 15 is 0 Å². The first kappa shape index (κ1) is 16.0. The minimum absolute atomic E-state index is 0.693. The zero-order chi connectivity index (χ0) is 15.4. The van der Waals surface area contributed by atoms with Crippen LogP contribution in [0.5, 0.6) is 0 Å². The third kappa shape index (κ3) is 3.90. The van der Waals surface area contributed by atoms with Gasteiger partial charge in [0.1, 0.15) is 0 Å². The molecule has 2 fully saturated rings. The van der Waals surface area contributed by atoms with E-state index < -0.39 is 0 Å². The lowest BCUT2D eigenvalue weighted by atomic mass is 9.67. The highest BCUT2D eigenvalue weighted by Crippen LogP contribution is 2.44. The van der Waals surface area contributed by atoms with E-state index in [4.69, 9.17) is 0 Å². The summed E-state index contributed by atoms with van der Waals surface area (Å²) in [6.45, 7) is 3.70. The number of hydrogen-bond acceptors (Lipinski definition) is 3. The zero-order valence-electron chi connectivity index (χ0n) is 14.4. The molecule has 1 aromatic rings. The molecule has 0 bridgehead atoms. The van der Waals surface area contributed by atoms with Gasteiger partial charge >= 0.3 is 0 Å². The fraction of sp³-hybridized carbons (Fsp3) is 0.833. The molecule has 1 spiro atoms. The van der Waals surface area contributed by atoms with Crippen LogP contribution < -0.4 is 5.32 Å². The third-order valence-electron chi connectivity index (χ3n) is 6.04. The number of aryl methyl sites for hydroxylation is 2. The van der Waals surface area contributed by atoms with Crippen molar-refractivity contribution in [1.29, 1.82) is 0 Å². The Labute approximate surface area is 135 Å². The Hall–Kier alpha value is -0.870. The largest absolute Gasteiger partial charge is 0.317 e. The number of piperidine rings is 1. The van der Waals surface area contributed by atoms with Gasteiger partial charge in [0.2, 0.25) is 0 Å². The van der Waals surface area contributed by atoms with Crippen molar-refractivity contribution in [3.05, 3.63) is 18.0 Å². The molecule has 0 aromatic carbocycles. The minimum atomic E-state index is 0.693. The van der Waals surface area contributed by atoms with Gasteiger partial charge in [-0.05, 0) is 89.0 Å². The van der Waals surface area contributed by atoms with Crippen molar-refractivity contribution in [2.45, 2.75) is 57.4 Å². The molecule has 1 aliphatic carbocycles. The molecule has 0 radical (unpaired) electrons. The van der Waals surface area contributed by atoms with Gasteiger partial charge in [0, 0.05) is 19.3 Å². The predicted octanol–water partition coefficient (Wildman–Crippen LogP) is 2.60. The van der Waals surface area contributed by atoms with Crippen LogP contribution in [0.4, 0.5) is 0 Å². The van der Waals surface area contributed by atoms with Crippen LogP contribution in [0.25, 0.3) is 0 Å². The van der Waals surface area contributed by atoms with E-state index in [-0.39, 0.29) is 0 Å². The molecule has 0 atom stereocenters. The molecule has 22 heavy (non-hydrogen) atoms. The van der Waals surface area contributed by atoms with Crippen molar-refractivity contribution in [1.82, 2.24) is 20.0 Å². The Balaban J connectivity index is 1.39. The second-order valence-electron chi connectivity index (χ2n) is 7.59. The molecular formula is C18H32N4. The summed E-state index contributed by atoms with van der Waals surface area (Å²) in [6, 6.07) is 0.814. The maximum atomic E-state index is 4.25. The summed E-state index contributed by atoms with van der Waals surface area (Å²) in [6.07, 6.45) is 15.1. The second-order valence-corrected chi connectivity index (χ2v) is 7.59. The standard InChI is InChI=1S/C18H32N4/c1-21(13-3-4-16-14-20-22(2)15-16)17-5-7-18(8-6-17)9-11-19-12-10-18/h14-15,17,19H,3-13H2,1-2H3. The average Bonchev–Trinajstić information content (AvgIpc) is 2.94. The van der Waals surface area contributed by atoms with Crippen LogP contribution in [0, 0.1) is 5.41 Å². The van der Waals surface area contributed by atoms with Crippen molar-refractivity contribution in [3.63, 3.8) is 0 Å². The number of rotatable bonds is 5. The predicted molar refractivity (Wildman–Crippen MR) is 91.0 cm³/mol. The second kappa shape index (κ2) is 7.14. The van der Waals surface area contributed by atoms with E-state index in [1.54, 1.807) is 0 Å². The maximum absolute atomic E-state index is 4.25. The maximum Gasteiger partial charge on any atom is 0.0521 e. The van der Waals surface area contributed by atoms with Crippen LogP contribution in [0.1, 0.15) is 50.5 Å². The first-order valence-corrected chi connectivity index (χ1v) is 9.05. The van der Waals surface area contributed by atoms with E-state index in [2.05, 4.69) is 28.6 Å². The topological polar surface area (TPSA) is 33.1 Å². The first-order valence-electron chi connectivity index (χ1n) is 9.05. The Kier molecular flexibility index (Phi) is 5.19. The van der Waals surface area contributed by atoms with Gasteiger partial charge in [0.05, 0.1) is 6.20 Å². The molecule has 4 nitrogen and oxygen atoms in total. The molecule has 2 heterocycles. The van der Waals surface area contributed by atoms with Crippen molar-refractivity contribution >= 4 is 0 Å². The van der Waals surface area contributed by atoms with Gasteiger partial charge in [-0.25, -0.2) is 0 Å². The SMILES string of the molecule is CN(CCCc1cnn(C)c1)C1CCC2(CCNCC2)CC1. The van der Waals surface area contributed by atoms with Crippen LogP contribution >= 0.6 is 0 Å². The van der Waals surface area contributed by atoms with E-state index in [1.165, 1.54) is 70.1 Å². The van der Waals surface area contributed by atoms with E-state index in [9.17, 15) is 0 Å². The van der Waals surface area contributed by atoms with E-state index in [0.29, 0.717) is 5.41 Å². The molecule has 1 aromatic heterocycles. The first-order chi connectivity index (χ1) is 10.7. The molecule has 3 rings (SSSR count). The zero-order valence-corrected chi connectivity index (χ0v) is 14.4. The molecule has 4 heteroatoms. The number of aromatic nitrogens is 2. The molecule has 1 aliphatic heterocycles. The van der Waals surface area contributed by atoms with Gasteiger partial charge in [-0.15, -0.1) is 0 Å². The fourth-order valence-corrected chi connectivity index (χ4v) is 4.43. The minimum Gasteiger partial charge on any atom is -0.317 e. The lowest BCUT2D eigenvalue weighted by molar-refractivity contribution is 0.0763. The summed E-state index contributed by atoms with van der Waals surface area (Å²) >= 11 is 0. The highest BCUT2D eigenvalue weighted by atomic mass is 15.2. The summed E-state index contributed by atoms with van der Waals surface area (Å²) in [5.74, 6) is 0. The van der Waals surface area contributed by atoms with Gasteiger partial charge in [-0.3, -0.25) is 4.68 Å². The van der Waals surface area contributed by atoms with Crippen LogP contribution in [-0.4, -0.2) is 47.4 Å². The molecule has 1 saturated heterocycles. The van der Waals surface area contributed by atoms with Crippen LogP contribution in [0.15, 0.2) is 12.4 Å². The quantitative estimate of drug-likeness (QED) is 0.908. The van der Waals surface area contributed by atoms with Crippen LogP contribution in [-0.2, 0) is 13.5 Å². The monoisotopic (exact) mass is 304 g/mol. The Morgan fingerprint density at radius 3 is 2.64 bits per heavy atom. The summed E-state index contributed by atoms with van der Waals surface area (Å²) < 4.78 is 1.90. The Morgan fingerprint density at radius 1 is 1.27 bits per heavy atom. The molecule has 0 unspecified atom stereocenters. The molecule has 0 amide bonds. The van der Waals surface area contributed by atoms with Gasteiger partial charge in [-0.1, -0.05) is 0 Å².